The van der Waals surface area contributed by atoms with E-state index in [1.165, 1.54) is 0 Å². The van der Waals surface area contributed by atoms with Crippen molar-refractivity contribution in [3.63, 3.8) is 0 Å². The molecule has 1 N–H and O–H groups in total. The number of likely N-dealkylation sites (N-methyl/N-ethyl adjacent to an activating group) is 1. The van der Waals surface area contributed by atoms with Gasteiger partial charge in [0, 0.05) is 13.1 Å². The molecule has 1 aliphatic rings. The molecule has 0 atom stereocenters. The molecule has 9 heavy (non-hydrogen) atoms. The van der Waals surface area contributed by atoms with Gasteiger partial charge in [0.05, 0.1) is 19.6 Å². The van der Waals surface area contributed by atoms with E-state index in [0.717, 1.165) is 32.7 Å². The SMILES string of the molecule is CC[N+]1([O-])CCNCC1. The lowest BCUT2D eigenvalue weighted by molar-refractivity contribution is -0.880. The Kier molecular flexibility index (Phi) is 2.05. The van der Waals surface area contributed by atoms with Crippen LogP contribution in [0, 0.1) is 5.21 Å². The molecular formula is C6H14N2O. The van der Waals surface area contributed by atoms with Crippen LogP contribution < -0.4 is 5.32 Å². The predicted molar refractivity (Wildman–Crippen MR) is 36.8 cm³/mol. The number of rotatable bonds is 1. The summed E-state index contributed by atoms with van der Waals surface area (Å²) in [7, 11) is 0. The van der Waals surface area contributed by atoms with Crippen molar-refractivity contribution in [3.8, 4) is 0 Å². The standard InChI is InChI=1S/C6H14N2O/c1-2-8(9)5-3-7-4-6-8/h7H,2-6H2,1H3. The maximum Gasteiger partial charge on any atom is 0.0911 e. The summed E-state index contributed by atoms with van der Waals surface area (Å²) in [6.07, 6.45) is 0. The highest BCUT2D eigenvalue weighted by atomic mass is 16.5. The van der Waals surface area contributed by atoms with E-state index in [1.807, 2.05) is 6.92 Å². The summed E-state index contributed by atoms with van der Waals surface area (Å²) in [5, 5.41) is 14.5. The number of hydrogen-bond acceptors (Lipinski definition) is 2. The van der Waals surface area contributed by atoms with E-state index < -0.39 is 0 Å². The zero-order valence-electron chi connectivity index (χ0n) is 5.89. The molecule has 0 aromatic heterocycles. The van der Waals surface area contributed by atoms with Gasteiger partial charge in [-0.2, -0.15) is 0 Å². The Morgan fingerprint density at radius 2 is 2.00 bits per heavy atom. The molecule has 54 valence electrons. The van der Waals surface area contributed by atoms with E-state index in [-0.39, 0.29) is 4.65 Å². The van der Waals surface area contributed by atoms with Crippen LogP contribution in [0.2, 0.25) is 0 Å². The average molecular weight is 130 g/mol. The normalized spacial score (nSPS) is 26.0. The van der Waals surface area contributed by atoms with E-state index in [9.17, 15) is 5.21 Å². The highest BCUT2D eigenvalue weighted by Crippen LogP contribution is 2.03. The fraction of sp³-hybridized carbons (Fsp3) is 1.00. The van der Waals surface area contributed by atoms with Crippen LogP contribution in [0.15, 0.2) is 0 Å². The van der Waals surface area contributed by atoms with Crippen molar-refractivity contribution in [2.24, 2.45) is 0 Å². The molecule has 0 amide bonds. The summed E-state index contributed by atoms with van der Waals surface area (Å²) in [4.78, 5) is 0. The first-order valence-corrected chi connectivity index (χ1v) is 3.55. The molecule has 3 nitrogen and oxygen atoms in total. The van der Waals surface area contributed by atoms with Gasteiger partial charge in [0.15, 0.2) is 0 Å². The fourth-order valence-corrected chi connectivity index (χ4v) is 1.12. The fourth-order valence-electron chi connectivity index (χ4n) is 1.12. The van der Waals surface area contributed by atoms with Gasteiger partial charge in [0.2, 0.25) is 0 Å². The van der Waals surface area contributed by atoms with Crippen LogP contribution in [0.1, 0.15) is 6.92 Å². The smallest absolute Gasteiger partial charge is 0.0911 e. The zero-order valence-corrected chi connectivity index (χ0v) is 5.89. The molecule has 1 rings (SSSR count). The van der Waals surface area contributed by atoms with Crippen molar-refractivity contribution >= 4 is 0 Å². The van der Waals surface area contributed by atoms with Gasteiger partial charge in [-0.3, -0.25) is 0 Å². The number of hydroxylamine groups is 3. The van der Waals surface area contributed by atoms with Crippen molar-refractivity contribution in [2.75, 3.05) is 32.7 Å². The number of piperazine rings is 1. The summed E-state index contributed by atoms with van der Waals surface area (Å²) >= 11 is 0. The molecule has 1 fully saturated rings. The number of nitrogens with zero attached hydrogens (tertiary/aromatic N) is 1. The Labute approximate surface area is 55.8 Å². The second kappa shape index (κ2) is 2.64. The first kappa shape index (κ1) is 6.99. The van der Waals surface area contributed by atoms with Crippen LogP contribution in [0.25, 0.3) is 0 Å². The molecule has 0 aromatic carbocycles. The van der Waals surface area contributed by atoms with E-state index >= 15 is 0 Å². The van der Waals surface area contributed by atoms with Gasteiger partial charge in [0.1, 0.15) is 0 Å². The highest BCUT2D eigenvalue weighted by Gasteiger charge is 2.16. The molecule has 1 saturated heterocycles. The van der Waals surface area contributed by atoms with Gasteiger partial charge in [-0.25, -0.2) is 0 Å². The third-order valence-corrected chi connectivity index (χ3v) is 1.97. The summed E-state index contributed by atoms with van der Waals surface area (Å²) in [5.74, 6) is 0. The lowest BCUT2D eigenvalue weighted by atomic mass is 10.3. The van der Waals surface area contributed by atoms with Crippen molar-refractivity contribution < 1.29 is 4.65 Å². The van der Waals surface area contributed by atoms with Crippen LogP contribution in [0.5, 0.6) is 0 Å². The summed E-state index contributed by atoms with van der Waals surface area (Å²) < 4.78 is 0.00694. The van der Waals surface area contributed by atoms with Crippen LogP contribution in [0.3, 0.4) is 0 Å². The topological polar surface area (TPSA) is 35.1 Å². The molecule has 0 unspecified atom stereocenters. The Morgan fingerprint density at radius 3 is 2.33 bits per heavy atom. The minimum Gasteiger partial charge on any atom is -0.633 e. The van der Waals surface area contributed by atoms with Gasteiger partial charge in [0.25, 0.3) is 0 Å². The molecule has 0 aliphatic carbocycles. The minimum atomic E-state index is 0.00694. The Morgan fingerprint density at radius 1 is 1.44 bits per heavy atom. The van der Waals surface area contributed by atoms with Crippen LogP contribution >= 0.6 is 0 Å². The summed E-state index contributed by atoms with van der Waals surface area (Å²) in [6.45, 7) is 5.95. The van der Waals surface area contributed by atoms with E-state index in [4.69, 9.17) is 0 Å². The summed E-state index contributed by atoms with van der Waals surface area (Å²) in [5.41, 5.74) is 0. The predicted octanol–water partition coefficient (Wildman–Crippen LogP) is -0.0759. The number of hydrogen-bond donors (Lipinski definition) is 1. The minimum absolute atomic E-state index is 0.00694. The monoisotopic (exact) mass is 130 g/mol. The van der Waals surface area contributed by atoms with Crippen molar-refractivity contribution in [2.45, 2.75) is 6.92 Å². The van der Waals surface area contributed by atoms with Crippen molar-refractivity contribution in [1.29, 1.82) is 0 Å². The second-order valence-electron chi connectivity index (χ2n) is 2.57. The largest absolute Gasteiger partial charge is 0.633 e. The maximum atomic E-state index is 11.4. The van der Waals surface area contributed by atoms with Crippen molar-refractivity contribution in [1.82, 2.24) is 5.32 Å². The van der Waals surface area contributed by atoms with Crippen LogP contribution in [-0.2, 0) is 0 Å². The number of quaternary nitrogens is 1. The molecule has 0 radical (unpaired) electrons. The highest BCUT2D eigenvalue weighted by molar-refractivity contribution is 4.55. The van der Waals surface area contributed by atoms with Crippen LogP contribution in [0.4, 0.5) is 0 Å². The Hall–Kier alpha value is -0.120. The molecular weight excluding hydrogens is 116 g/mol. The first-order chi connectivity index (χ1) is 4.27. The Bertz CT molecular complexity index is 89.1. The quantitative estimate of drug-likeness (QED) is 0.398. The molecule has 0 aromatic rings. The van der Waals surface area contributed by atoms with Gasteiger partial charge < -0.3 is 15.2 Å². The van der Waals surface area contributed by atoms with Gasteiger partial charge in [-0.15, -0.1) is 0 Å². The zero-order chi connectivity index (χ0) is 6.74. The molecule has 0 spiro atoms. The van der Waals surface area contributed by atoms with E-state index in [1.54, 1.807) is 0 Å². The maximum absolute atomic E-state index is 11.4. The third kappa shape index (κ3) is 1.64. The number of nitrogens with one attached hydrogen (secondary N) is 1. The average Bonchev–Trinajstić information content (AvgIpc) is 1.90. The van der Waals surface area contributed by atoms with Gasteiger partial charge >= 0.3 is 0 Å². The molecule has 0 bridgehead atoms. The summed E-state index contributed by atoms with van der Waals surface area (Å²) in [6, 6.07) is 0. The Balaban J connectivity index is 2.37. The van der Waals surface area contributed by atoms with E-state index in [2.05, 4.69) is 5.32 Å². The molecule has 1 aliphatic heterocycles. The third-order valence-electron chi connectivity index (χ3n) is 1.97. The molecule has 0 saturated carbocycles. The van der Waals surface area contributed by atoms with Crippen LogP contribution in [-0.4, -0.2) is 37.4 Å². The van der Waals surface area contributed by atoms with E-state index in [0.29, 0.717) is 0 Å². The lowest BCUT2D eigenvalue weighted by Crippen LogP contribution is -2.54. The van der Waals surface area contributed by atoms with Gasteiger partial charge in [-0.1, -0.05) is 0 Å². The lowest BCUT2D eigenvalue weighted by Gasteiger charge is -2.44. The molecule has 1 heterocycles. The second-order valence-corrected chi connectivity index (χ2v) is 2.57. The molecule has 3 heteroatoms. The van der Waals surface area contributed by atoms with Gasteiger partial charge in [-0.05, 0) is 6.92 Å². The van der Waals surface area contributed by atoms with Crippen molar-refractivity contribution in [3.05, 3.63) is 5.21 Å². The first-order valence-electron chi connectivity index (χ1n) is 3.55.